The highest BCUT2D eigenvalue weighted by Gasteiger charge is 2.33. The smallest absolute Gasteiger partial charge is 0.383 e. The van der Waals surface area contributed by atoms with Crippen LogP contribution >= 0.6 is 0 Å². The fourth-order valence-electron chi connectivity index (χ4n) is 1.83. The van der Waals surface area contributed by atoms with Crippen molar-refractivity contribution in [3.05, 3.63) is 47.2 Å². The predicted molar refractivity (Wildman–Crippen MR) is 72.9 cm³/mol. The van der Waals surface area contributed by atoms with E-state index in [1.807, 2.05) is 0 Å². The van der Waals surface area contributed by atoms with Crippen LogP contribution in [0.25, 0.3) is 0 Å². The summed E-state index contributed by atoms with van der Waals surface area (Å²) in [5, 5.41) is 2.78. The number of aryl methyl sites for hydroxylation is 2. The lowest BCUT2D eigenvalue weighted by Crippen LogP contribution is -2.09. The molecule has 1 aromatic carbocycles. The van der Waals surface area contributed by atoms with E-state index in [1.54, 1.807) is 26.0 Å². The minimum atomic E-state index is -4.41. The Morgan fingerprint density at radius 2 is 1.75 bits per heavy atom. The van der Waals surface area contributed by atoms with Crippen LogP contribution in [0.15, 0.2) is 30.3 Å². The normalized spacial score (nSPS) is 11.4. The van der Waals surface area contributed by atoms with Gasteiger partial charge in [0.25, 0.3) is 0 Å². The Balaban J connectivity index is 2.43. The number of hydrogen-bond acceptors (Lipinski definition) is 3. The van der Waals surface area contributed by atoms with Crippen LogP contribution < -0.4 is 11.1 Å². The van der Waals surface area contributed by atoms with Gasteiger partial charge in [0.15, 0.2) is 0 Å². The second-order valence-electron chi connectivity index (χ2n) is 4.49. The third-order valence-corrected chi connectivity index (χ3v) is 2.94. The summed E-state index contributed by atoms with van der Waals surface area (Å²) in [5.74, 6) is 0.372. The van der Waals surface area contributed by atoms with Crippen molar-refractivity contribution in [2.75, 3.05) is 11.1 Å². The molecule has 2 aromatic rings. The zero-order valence-electron chi connectivity index (χ0n) is 11.0. The van der Waals surface area contributed by atoms with Crippen LogP contribution in [-0.2, 0) is 6.18 Å². The van der Waals surface area contributed by atoms with Crippen LogP contribution in [0, 0.1) is 13.8 Å². The molecule has 106 valence electrons. The number of benzene rings is 1. The summed E-state index contributed by atoms with van der Waals surface area (Å²) in [4.78, 5) is 4.10. The zero-order valence-corrected chi connectivity index (χ0v) is 11.0. The number of anilines is 3. The van der Waals surface area contributed by atoms with Crippen LogP contribution in [0.2, 0.25) is 0 Å². The molecule has 0 aliphatic heterocycles. The van der Waals surface area contributed by atoms with Gasteiger partial charge in [0.05, 0.1) is 22.6 Å². The van der Waals surface area contributed by atoms with E-state index in [1.165, 1.54) is 12.1 Å². The molecule has 3 N–H and O–H groups in total. The quantitative estimate of drug-likeness (QED) is 0.873. The van der Waals surface area contributed by atoms with Crippen LogP contribution in [0.3, 0.4) is 0 Å². The molecular formula is C14H14F3N3. The highest BCUT2D eigenvalue weighted by molar-refractivity contribution is 5.67. The molecule has 0 radical (unpaired) electrons. The van der Waals surface area contributed by atoms with Gasteiger partial charge in [-0.15, -0.1) is 0 Å². The first-order chi connectivity index (χ1) is 9.29. The minimum Gasteiger partial charge on any atom is -0.383 e. The number of aromatic nitrogens is 1. The maximum absolute atomic E-state index is 12.9. The minimum absolute atomic E-state index is 0.00549. The second-order valence-corrected chi connectivity index (χ2v) is 4.49. The molecule has 0 saturated carbocycles. The fraction of sp³-hybridized carbons (Fsp3) is 0.214. The van der Waals surface area contributed by atoms with Crippen LogP contribution in [0.1, 0.15) is 16.8 Å². The largest absolute Gasteiger partial charge is 0.418 e. The van der Waals surface area contributed by atoms with Crippen molar-refractivity contribution in [3.63, 3.8) is 0 Å². The van der Waals surface area contributed by atoms with E-state index in [9.17, 15) is 13.2 Å². The van der Waals surface area contributed by atoms with E-state index in [-0.39, 0.29) is 5.69 Å². The Morgan fingerprint density at radius 1 is 1.10 bits per heavy atom. The van der Waals surface area contributed by atoms with Crippen molar-refractivity contribution in [1.29, 1.82) is 0 Å². The van der Waals surface area contributed by atoms with Crippen molar-refractivity contribution in [2.45, 2.75) is 20.0 Å². The number of pyridine rings is 1. The maximum atomic E-state index is 12.9. The molecule has 0 saturated heterocycles. The van der Waals surface area contributed by atoms with Crippen molar-refractivity contribution in [3.8, 4) is 0 Å². The molecule has 20 heavy (non-hydrogen) atoms. The fourth-order valence-corrected chi connectivity index (χ4v) is 1.83. The number of alkyl halides is 3. The third kappa shape index (κ3) is 2.84. The molecule has 6 heteroatoms. The summed E-state index contributed by atoms with van der Waals surface area (Å²) in [7, 11) is 0. The molecule has 0 aliphatic carbocycles. The van der Waals surface area contributed by atoms with E-state index in [4.69, 9.17) is 5.73 Å². The Kier molecular flexibility index (Phi) is 3.57. The average Bonchev–Trinajstić information content (AvgIpc) is 2.35. The molecule has 0 unspecified atom stereocenters. The highest BCUT2D eigenvalue weighted by atomic mass is 19.4. The number of nitrogens with zero attached hydrogens (tertiary/aromatic N) is 1. The van der Waals surface area contributed by atoms with Gasteiger partial charge in [-0.2, -0.15) is 13.2 Å². The Morgan fingerprint density at radius 3 is 2.40 bits per heavy atom. The molecule has 0 bridgehead atoms. The van der Waals surface area contributed by atoms with Crippen LogP contribution in [0.5, 0.6) is 0 Å². The number of nitrogens with one attached hydrogen (secondary N) is 1. The topological polar surface area (TPSA) is 50.9 Å². The van der Waals surface area contributed by atoms with E-state index < -0.39 is 11.7 Å². The lowest BCUT2D eigenvalue weighted by atomic mass is 10.1. The summed E-state index contributed by atoms with van der Waals surface area (Å²) < 4.78 is 38.8. The predicted octanol–water partition coefficient (Wildman–Crippen LogP) is 4.04. The van der Waals surface area contributed by atoms with Gasteiger partial charge in [0.1, 0.15) is 5.82 Å². The summed E-state index contributed by atoms with van der Waals surface area (Å²) >= 11 is 0. The molecule has 0 aliphatic rings. The lowest BCUT2D eigenvalue weighted by molar-refractivity contribution is -0.136. The first-order valence-corrected chi connectivity index (χ1v) is 5.96. The summed E-state index contributed by atoms with van der Waals surface area (Å²) in [6.07, 6.45) is -4.41. The average molecular weight is 281 g/mol. The van der Waals surface area contributed by atoms with Gasteiger partial charge in [-0.05, 0) is 37.6 Å². The number of nitrogens with two attached hydrogens (primary N) is 1. The maximum Gasteiger partial charge on any atom is 0.418 e. The third-order valence-electron chi connectivity index (χ3n) is 2.94. The molecule has 0 fully saturated rings. The van der Waals surface area contributed by atoms with Crippen molar-refractivity contribution in [2.24, 2.45) is 0 Å². The molecule has 0 amide bonds. The van der Waals surface area contributed by atoms with Crippen molar-refractivity contribution < 1.29 is 13.2 Å². The molecule has 0 spiro atoms. The molecule has 1 heterocycles. The van der Waals surface area contributed by atoms with Crippen LogP contribution in [0.4, 0.5) is 30.4 Å². The van der Waals surface area contributed by atoms with Gasteiger partial charge < -0.3 is 11.1 Å². The molecule has 0 atom stereocenters. The molecule has 2 rings (SSSR count). The van der Waals surface area contributed by atoms with Crippen molar-refractivity contribution >= 4 is 17.2 Å². The number of para-hydroxylation sites is 1. The monoisotopic (exact) mass is 281 g/mol. The first-order valence-electron chi connectivity index (χ1n) is 5.96. The number of halogens is 3. The summed E-state index contributed by atoms with van der Waals surface area (Å²) in [6, 6.07) is 7.01. The number of nitrogen functional groups attached to an aromatic ring is 1. The van der Waals surface area contributed by atoms with E-state index in [0.717, 1.165) is 6.07 Å². The molecule has 3 nitrogen and oxygen atoms in total. The van der Waals surface area contributed by atoms with E-state index in [0.29, 0.717) is 22.8 Å². The number of rotatable bonds is 2. The second kappa shape index (κ2) is 5.03. The van der Waals surface area contributed by atoms with Crippen molar-refractivity contribution in [1.82, 2.24) is 4.98 Å². The van der Waals surface area contributed by atoms with Gasteiger partial charge in [0, 0.05) is 0 Å². The summed E-state index contributed by atoms with van der Waals surface area (Å²) in [5.41, 5.74) is 6.71. The van der Waals surface area contributed by atoms with Crippen LogP contribution in [-0.4, -0.2) is 4.98 Å². The first kappa shape index (κ1) is 14.2. The summed E-state index contributed by atoms with van der Waals surface area (Å²) in [6.45, 7) is 3.44. The molecule has 1 aromatic heterocycles. The van der Waals surface area contributed by atoms with Gasteiger partial charge in [-0.3, -0.25) is 0 Å². The van der Waals surface area contributed by atoms with E-state index in [2.05, 4.69) is 10.3 Å². The van der Waals surface area contributed by atoms with Gasteiger partial charge in [-0.1, -0.05) is 12.1 Å². The molecular weight excluding hydrogens is 267 g/mol. The SMILES string of the molecule is Cc1cc(Nc2ccccc2C(F)(F)F)c(C)nc1N. The lowest BCUT2D eigenvalue weighted by Gasteiger charge is -2.16. The van der Waals surface area contributed by atoms with E-state index >= 15 is 0 Å². The van der Waals surface area contributed by atoms with Gasteiger partial charge in [-0.25, -0.2) is 4.98 Å². The number of hydrogen-bond donors (Lipinski definition) is 2. The Hall–Kier alpha value is -2.24. The van der Waals surface area contributed by atoms with Gasteiger partial charge in [0.2, 0.25) is 0 Å². The van der Waals surface area contributed by atoms with Gasteiger partial charge >= 0.3 is 6.18 Å². The highest BCUT2D eigenvalue weighted by Crippen LogP contribution is 2.36. The Bertz CT molecular complexity index is 636. The zero-order chi connectivity index (χ0) is 14.9. The Labute approximate surface area is 114 Å². The standard InChI is InChI=1S/C14H14F3N3/c1-8-7-12(9(2)19-13(8)18)20-11-6-4-3-5-10(11)14(15,16)17/h3-7,20H,1-2H3,(H2,18,19).